The van der Waals surface area contributed by atoms with Gasteiger partial charge in [0.15, 0.2) is 23.1 Å². The molecular weight excluding hydrogens is 445 g/mol. The van der Waals surface area contributed by atoms with Gasteiger partial charge in [-0.3, -0.25) is 4.79 Å². The third-order valence-electron chi connectivity index (χ3n) is 7.54. The number of methoxy groups -OCH3 is 1. The highest BCUT2D eigenvalue weighted by atomic mass is 19.2. The molecule has 2 aromatic rings. The number of rotatable bonds is 6. The van der Waals surface area contributed by atoms with Crippen molar-refractivity contribution in [1.29, 1.82) is 0 Å². The molecule has 0 aliphatic heterocycles. The topological polar surface area (TPSA) is 55.8 Å². The molecule has 1 N–H and O–H groups in total. The normalized spacial score (nSPS) is 25.1. The van der Waals surface area contributed by atoms with Crippen LogP contribution in [0.25, 0.3) is 0 Å². The molecule has 4 rings (SSSR count). The maximum Gasteiger partial charge on any atom is 0.314 e. The molecule has 4 nitrogen and oxygen atoms in total. The molecule has 184 valence electrons. The van der Waals surface area contributed by atoms with Crippen molar-refractivity contribution in [3.8, 4) is 11.5 Å². The fourth-order valence-electron chi connectivity index (χ4n) is 5.39. The van der Waals surface area contributed by atoms with Crippen molar-refractivity contribution in [2.24, 2.45) is 11.8 Å². The monoisotopic (exact) mass is 476 g/mol. The van der Waals surface area contributed by atoms with Gasteiger partial charge in [-0.2, -0.15) is 4.39 Å². The lowest BCUT2D eigenvalue weighted by molar-refractivity contribution is -0.140. The van der Waals surface area contributed by atoms with Gasteiger partial charge in [0.25, 0.3) is 0 Å². The summed E-state index contributed by atoms with van der Waals surface area (Å²) in [5.41, 5.74) is 1.17. The Morgan fingerprint density at radius 3 is 2.15 bits per heavy atom. The summed E-state index contributed by atoms with van der Waals surface area (Å²) in [5.74, 6) is -3.40. The van der Waals surface area contributed by atoms with E-state index in [1.54, 1.807) is 6.07 Å². The van der Waals surface area contributed by atoms with E-state index < -0.39 is 29.3 Å². The minimum absolute atomic E-state index is 0.0971. The van der Waals surface area contributed by atoms with E-state index in [4.69, 9.17) is 9.47 Å². The Kier molecular flexibility index (Phi) is 7.81. The zero-order valence-corrected chi connectivity index (χ0v) is 19.4. The van der Waals surface area contributed by atoms with E-state index in [0.29, 0.717) is 44.1 Å². The molecule has 0 unspecified atom stereocenters. The molecule has 0 heterocycles. The van der Waals surface area contributed by atoms with Gasteiger partial charge in [0.05, 0.1) is 13.0 Å². The van der Waals surface area contributed by atoms with E-state index in [1.165, 1.54) is 25.3 Å². The predicted molar refractivity (Wildman–Crippen MR) is 121 cm³/mol. The predicted octanol–water partition coefficient (Wildman–Crippen LogP) is 6.26. The van der Waals surface area contributed by atoms with Crippen LogP contribution in [0.3, 0.4) is 0 Å². The number of aliphatic hydroxyl groups is 1. The molecule has 2 saturated carbocycles. The highest BCUT2D eigenvalue weighted by molar-refractivity contribution is 5.75. The lowest BCUT2D eigenvalue weighted by Gasteiger charge is -2.28. The minimum atomic E-state index is -1.13. The summed E-state index contributed by atoms with van der Waals surface area (Å²) in [6.07, 6.45) is 5.39. The maximum atomic E-state index is 14.8. The molecule has 0 bridgehead atoms. The number of hydrogen-bond donors (Lipinski definition) is 1. The summed E-state index contributed by atoms with van der Waals surface area (Å²) in [5, 5.41) is 9.27. The van der Waals surface area contributed by atoms with Gasteiger partial charge >= 0.3 is 5.97 Å². The highest BCUT2D eigenvalue weighted by Crippen LogP contribution is 2.40. The van der Waals surface area contributed by atoms with E-state index in [1.807, 2.05) is 6.07 Å². The maximum absolute atomic E-state index is 14.8. The van der Waals surface area contributed by atoms with Gasteiger partial charge in [-0.05, 0) is 98.4 Å². The van der Waals surface area contributed by atoms with Crippen LogP contribution in [-0.2, 0) is 4.79 Å². The first-order valence-electron chi connectivity index (χ1n) is 12.0. The first-order chi connectivity index (χ1) is 16.4. The second kappa shape index (κ2) is 10.8. The van der Waals surface area contributed by atoms with E-state index in [2.05, 4.69) is 0 Å². The first-order valence-corrected chi connectivity index (χ1v) is 12.0. The van der Waals surface area contributed by atoms with Crippen LogP contribution in [0.1, 0.15) is 74.3 Å². The molecule has 2 aromatic carbocycles. The van der Waals surface area contributed by atoms with Crippen molar-refractivity contribution in [2.75, 3.05) is 13.7 Å². The molecule has 0 spiro atoms. The fraction of sp³-hybridized carbons (Fsp3) is 0.519. The van der Waals surface area contributed by atoms with Crippen LogP contribution in [0.2, 0.25) is 0 Å². The summed E-state index contributed by atoms with van der Waals surface area (Å²) < 4.78 is 53.8. The van der Waals surface area contributed by atoms with Crippen LogP contribution < -0.4 is 9.47 Å². The molecule has 2 fully saturated rings. The number of aliphatic hydroxyl groups excluding tert-OH is 1. The Morgan fingerprint density at radius 2 is 1.53 bits per heavy atom. The van der Waals surface area contributed by atoms with Gasteiger partial charge in [0, 0.05) is 6.61 Å². The second-order valence-corrected chi connectivity index (χ2v) is 9.54. The van der Waals surface area contributed by atoms with Crippen molar-refractivity contribution in [1.82, 2.24) is 0 Å². The zero-order valence-electron chi connectivity index (χ0n) is 19.4. The number of halogens is 3. The lowest BCUT2D eigenvalue weighted by atomic mass is 9.78. The van der Waals surface area contributed by atoms with Gasteiger partial charge < -0.3 is 14.6 Å². The van der Waals surface area contributed by atoms with Crippen molar-refractivity contribution >= 4 is 5.97 Å². The fourth-order valence-corrected chi connectivity index (χ4v) is 5.39. The molecule has 7 heteroatoms. The number of esters is 1. The molecule has 2 aliphatic carbocycles. The standard InChI is InChI=1S/C27H31F3O4/c1-33-23-12-10-20(14-22(23)28)17-6-8-19(9-7-17)27(32)34-24-13-11-21(25(29)26(24)30)18-4-2-16(15-31)3-5-18/h10-14,16-19,31H,2-9,15H2,1H3. The Morgan fingerprint density at radius 1 is 0.882 bits per heavy atom. The average molecular weight is 477 g/mol. The van der Waals surface area contributed by atoms with Crippen molar-refractivity contribution in [3.05, 3.63) is 58.9 Å². The molecule has 2 aliphatic rings. The smallest absolute Gasteiger partial charge is 0.314 e. The average Bonchev–Trinajstić information content (AvgIpc) is 2.87. The molecule has 0 radical (unpaired) electrons. The quantitative estimate of drug-likeness (QED) is 0.395. The molecule has 0 amide bonds. The summed E-state index contributed by atoms with van der Waals surface area (Å²) in [4.78, 5) is 12.7. The third-order valence-corrected chi connectivity index (χ3v) is 7.54. The number of carbonyl (C=O) groups is 1. The summed E-state index contributed by atoms with van der Waals surface area (Å²) in [7, 11) is 1.42. The van der Waals surface area contributed by atoms with Crippen LogP contribution in [0.4, 0.5) is 13.2 Å². The van der Waals surface area contributed by atoms with Gasteiger partial charge in [-0.1, -0.05) is 12.1 Å². The van der Waals surface area contributed by atoms with Crippen LogP contribution in [0.5, 0.6) is 11.5 Å². The van der Waals surface area contributed by atoms with Crippen LogP contribution in [-0.4, -0.2) is 24.8 Å². The minimum Gasteiger partial charge on any atom is -0.494 e. The van der Waals surface area contributed by atoms with Crippen molar-refractivity contribution < 1.29 is 32.5 Å². The first kappa shape index (κ1) is 24.6. The molecular formula is C27H31F3O4. The summed E-state index contributed by atoms with van der Waals surface area (Å²) in [6.45, 7) is 0.122. The number of benzene rings is 2. The molecule has 0 saturated heterocycles. The van der Waals surface area contributed by atoms with Crippen LogP contribution >= 0.6 is 0 Å². The van der Waals surface area contributed by atoms with E-state index in [9.17, 15) is 23.1 Å². The van der Waals surface area contributed by atoms with Crippen molar-refractivity contribution in [3.63, 3.8) is 0 Å². The lowest BCUT2D eigenvalue weighted by Crippen LogP contribution is -2.25. The van der Waals surface area contributed by atoms with Gasteiger partial charge in [-0.15, -0.1) is 0 Å². The Labute approximate surface area is 198 Å². The SMILES string of the molecule is COc1ccc(C2CCC(C(=O)Oc3ccc(C4CCC(CO)CC4)c(F)c3F)CC2)cc1F. The molecule has 0 atom stereocenters. The Bertz CT molecular complexity index is 1010. The summed E-state index contributed by atoms with van der Waals surface area (Å²) >= 11 is 0. The number of carbonyl (C=O) groups excluding carboxylic acids is 1. The zero-order chi connectivity index (χ0) is 24.2. The number of hydrogen-bond acceptors (Lipinski definition) is 4. The van der Waals surface area contributed by atoms with E-state index in [-0.39, 0.29) is 35.9 Å². The third kappa shape index (κ3) is 5.24. The largest absolute Gasteiger partial charge is 0.494 e. The Balaban J connectivity index is 1.35. The molecule has 0 aromatic heterocycles. The summed E-state index contributed by atoms with van der Waals surface area (Å²) in [6, 6.07) is 7.76. The van der Waals surface area contributed by atoms with E-state index in [0.717, 1.165) is 18.4 Å². The van der Waals surface area contributed by atoms with Gasteiger partial charge in [-0.25, -0.2) is 8.78 Å². The molecule has 34 heavy (non-hydrogen) atoms. The second-order valence-electron chi connectivity index (χ2n) is 9.54. The van der Waals surface area contributed by atoms with Crippen LogP contribution in [0.15, 0.2) is 30.3 Å². The van der Waals surface area contributed by atoms with Crippen LogP contribution in [0, 0.1) is 29.3 Å². The van der Waals surface area contributed by atoms with Gasteiger partial charge in [0.2, 0.25) is 5.82 Å². The number of ether oxygens (including phenoxy) is 2. The van der Waals surface area contributed by atoms with E-state index >= 15 is 0 Å². The highest BCUT2D eigenvalue weighted by Gasteiger charge is 2.31. The van der Waals surface area contributed by atoms with Crippen molar-refractivity contribution in [2.45, 2.75) is 63.2 Å². The van der Waals surface area contributed by atoms with Gasteiger partial charge in [0.1, 0.15) is 0 Å². The Hall–Kier alpha value is -2.54.